The van der Waals surface area contributed by atoms with Gasteiger partial charge in [0.15, 0.2) is 0 Å². The number of hydrogen-bond donors (Lipinski definition) is 0. The molecule has 1 unspecified atom stereocenters. The number of hydrogen-bond acceptors (Lipinski definition) is 6. The fourth-order valence-electron chi connectivity index (χ4n) is 6.27. The Morgan fingerprint density at radius 1 is 0.929 bits per heavy atom. The van der Waals surface area contributed by atoms with Crippen LogP contribution in [0, 0.1) is 17.8 Å². The van der Waals surface area contributed by atoms with Crippen LogP contribution in [0.4, 0.5) is 0 Å². The summed E-state index contributed by atoms with van der Waals surface area (Å²) in [6.07, 6.45) is 3.46. The minimum absolute atomic E-state index is 0.135. The molecule has 0 N–H and O–H groups in total. The second-order valence-corrected chi connectivity index (χ2v) is 18.4. The van der Waals surface area contributed by atoms with Crippen molar-refractivity contribution >= 4 is 30.4 Å². The number of benzene rings is 2. The SMILES string of the molecule is CO/N=C(\C1CC(CC(C)C)C1)C(CCO[Si](c1ccccc1)(c1ccccc1)C(C)(C)C)OCC(=O)OC(C)(C)C. The Balaban J connectivity index is 1.88. The van der Waals surface area contributed by atoms with Crippen molar-refractivity contribution in [3.63, 3.8) is 0 Å². The van der Waals surface area contributed by atoms with E-state index in [0.717, 1.165) is 18.6 Å². The van der Waals surface area contributed by atoms with E-state index in [2.05, 4.69) is 100 Å². The van der Waals surface area contributed by atoms with Crippen LogP contribution in [-0.4, -0.2) is 52.0 Å². The highest BCUT2D eigenvalue weighted by Gasteiger charge is 2.50. The third-order valence-corrected chi connectivity index (χ3v) is 13.0. The highest BCUT2D eigenvalue weighted by Crippen LogP contribution is 2.41. The first-order valence-corrected chi connectivity index (χ1v) is 17.4. The minimum Gasteiger partial charge on any atom is -0.458 e. The predicted molar refractivity (Wildman–Crippen MR) is 174 cm³/mol. The van der Waals surface area contributed by atoms with E-state index < -0.39 is 20.0 Å². The molecule has 0 saturated heterocycles. The molecule has 0 spiro atoms. The molecule has 7 heteroatoms. The molecule has 0 radical (unpaired) electrons. The summed E-state index contributed by atoms with van der Waals surface area (Å²) in [6.45, 7) is 17.3. The Labute approximate surface area is 255 Å². The Hall–Kier alpha value is -2.48. The van der Waals surface area contributed by atoms with Gasteiger partial charge in [0.1, 0.15) is 25.4 Å². The molecule has 0 bridgehead atoms. The van der Waals surface area contributed by atoms with Crippen LogP contribution >= 0.6 is 0 Å². The van der Waals surface area contributed by atoms with Crippen LogP contribution in [0.2, 0.25) is 5.04 Å². The first kappa shape index (κ1) is 34.0. The lowest BCUT2D eigenvalue weighted by atomic mass is 9.68. The lowest BCUT2D eigenvalue weighted by Crippen LogP contribution is -2.66. The third kappa shape index (κ3) is 9.01. The Bertz CT molecular complexity index is 1090. The standard InChI is InChI=1S/C35H53NO5Si/c1-26(2)22-27-23-28(24-27)33(36-38-9)31(39-25-32(37)41-34(3,4)5)20-21-40-42(35(6,7)8,29-16-12-10-13-17-29)30-18-14-11-15-19-30/h10-19,26-28,31H,20-25H2,1-9H3/b36-33+. The zero-order chi connectivity index (χ0) is 31.0. The quantitative estimate of drug-likeness (QED) is 0.105. The van der Waals surface area contributed by atoms with Gasteiger partial charge in [-0.1, -0.05) is 100 Å². The van der Waals surface area contributed by atoms with Gasteiger partial charge in [-0.25, -0.2) is 4.79 Å². The first-order chi connectivity index (χ1) is 19.8. The summed E-state index contributed by atoms with van der Waals surface area (Å²) < 4.78 is 19.0. The summed E-state index contributed by atoms with van der Waals surface area (Å²) >= 11 is 0. The molecule has 232 valence electrons. The van der Waals surface area contributed by atoms with Gasteiger partial charge in [0.2, 0.25) is 0 Å². The van der Waals surface area contributed by atoms with Crippen LogP contribution < -0.4 is 10.4 Å². The van der Waals surface area contributed by atoms with Crippen LogP contribution in [-0.2, 0) is 23.5 Å². The molecule has 1 atom stereocenters. The monoisotopic (exact) mass is 595 g/mol. The molecule has 6 nitrogen and oxygen atoms in total. The fourth-order valence-corrected chi connectivity index (χ4v) is 10.9. The maximum Gasteiger partial charge on any atom is 0.332 e. The van der Waals surface area contributed by atoms with Crippen LogP contribution in [0.3, 0.4) is 0 Å². The molecule has 0 aromatic heterocycles. The van der Waals surface area contributed by atoms with Gasteiger partial charge in [-0.05, 0) is 67.3 Å². The topological polar surface area (TPSA) is 66.3 Å². The van der Waals surface area contributed by atoms with Crippen molar-refractivity contribution < 1.29 is 23.5 Å². The van der Waals surface area contributed by atoms with Crippen molar-refractivity contribution in [2.75, 3.05) is 20.3 Å². The Morgan fingerprint density at radius 2 is 1.48 bits per heavy atom. The number of oxime groups is 1. The molecule has 3 rings (SSSR count). The van der Waals surface area contributed by atoms with Crippen molar-refractivity contribution in [3.05, 3.63) is 60.7 Å². The molecule has 1 saturated carbocycles. The minimum atomic E-state index is -2.72. The number of esters is 1. The van der Waals surface area contributed by atoms with Crippen molar-refractivity contribution in [2.45, 2.75) is 97.8 Å². The van der Waals surface area contributed by atoms with Crippen LogP contribution in [0.25, 0.3) is 0 Å². The Morgan fingerprint density at radius 3 is 1.93 bits per heavy atom. The molecular weight excluding hydrogens is 542 g/mol. The number of rotatable bonds is 14. The average molecular weight is 596 g/mol. The number of carbonyl (C=O) groups is 1. The normalized spacial score (nSPS) is 18.9. The molecule has 0 heterocycles. The largest absolute Gasteiger partial charge is 0.458 e. The van der Waals surface area contributed by atoms with E-state index in [-0.39, 0.29) is 23.5 Å². The molecule has 0 amide bonds. The summed E-state index contributed by atoms with van der Waals surface area (Å²) in [6, 6.07) is 21.3. The summed E-state index contributed by atoms with van der Waals surface area (Å²) in [5, 5.41) is 6.82. The van der Waals surface area contributed by atoms with E-state index in [0.29, 0.717) is 24.9 Å². The molecule has 2 aromatic rings. The summed E-state index contributed by atoms with van der Waals surface area (Å²) in [4.78, 5) is 18.0. The van der Waals surface area contributed by atoms with Gasteiger partial charge in [-0.3, -0.25) is 0 Å². The lowest BCUT2D eigenvalue weighted by Gasteiger charge is -2.43. The number of nitrogens with zero attached hydrogens (tertiary/aromatic N) is 1. The van der Waals surface area contributed by atoms with Gasteiger partial charge in [0.25, 0.3) is 8.32 Å². The molecule has 42 heavy (non-hydrogen) atoms. The Kier molecular flexibility index (Phi) is 12.0. The van der Waals surface area contributed by atoms with Gasteiger partial charge in [-0.2, -0.15) is 0 Å². The molecular formula is C35H53NO5Si. The second kappa shape index (κ2) is 14.8. The van der Waals surface area contributed by atoms with Crippen molar-refractivity contribution in [1.82, 2.24) is 0 Å². The van der Waals surface area contributed by atoms with Crippen molar-refractivity contribution in [1.29, 1.82) is 0 Å². The van der Waals surface area contributed by atoms with Crippen LogP contribution in [0.1, 0.15) is 81.1 Å². The second-order valence-electron chi connectivity index (χ2n) is 14.0. The molecule has 1 aliphatic rings. The van der Waals surface area contributed by atoms with E-state index in [4.69, 9.17) is 18.7 Å². The smallest absolute Gasteiger partial charge is 0.332 e. The highest BCUT2D eigenvalue weighted by atomic mass is 28.4. The van der Waals surface area contributed by atoms with Crippen molar-refractivity contribution in [2.24, 2.45) is 22.9 Å². The zero-order valence-electron chi connectivity index (χ0n) is 27.3. The van der Waals surface area contributed by atoms with Gasteiger partial charge in [0.05, 0.1) is 5.71 Å². The fraction of sp³-hybridized carbons (Fsp3) is 0.600. The van der Waals surface area contributed by atoms with E-state index in [1.165, 1.54) is 16.8 Å². The summed E-state index contributed by atoms with van der Waals surface area (Å²) in [5.74, 6) is 1.23. The van der Waals surface area contributed by atoms with Gasteiger partial charge < -0.3 is 18.7 Å². The predicted octanol–water partition coefficient (Wildman–Crippen LogP) is 6.75. The van der Waals surface area contributed by atoms with E-state index in [9.17, 15) is 4.79 Å². The number of carbonyl (C=O) groups excluding carboxylic acids is 1. The van der Waals surface area contributed by atoms with Gasteiger partial charge in [-0.15, -0.1) is 0 Å². The van der Waals surface area contributed by atoms with Crippen molar-refractivity contribution in [3.8, 4) is 0 Å². The summed E-state index contributed by atoms with van der Waals surface area (Å²) in [5.41, 5.74) is 0.288. The number of ether oxygens (including phenoxy) is 2. The van der Waals surface area contributed by atoms with E-state index in [1.807, 2.05) is 20.8 Å². The summed E-state index contributed by atoms with van der Waals surface area (Å²) in [7, 11) is -1.14. The molecule has 1 aliphatic carbocycles. The van der Waals surface area contributed by atoms with Crippen LogP contribution in [0.15, 0.2) is 65.8 Å². The molecule has 1 fully saturated rings. The average Bonchev–Trinajstić information content (AvgIpc) is 2.88. The maximum atomic E-state index is 12.7. The first-order valence-electron chi connectivity index (χ1n) is 15.5. The third-order valence-electron chi connectivity index (χ3n) is 7.92. The van der Waals surface area contributed by atoms with Crippen LogP contribution in [0.5, 0.6) is 0 Å². The molecule has 0 aliphatic heterocycles. The lowest BCUT2D eigenvalue weighted by molar-refractivity contribution is -0.161. The maximum absolute atomic E-state index is 12.7. The van der Waals surface area contributed by atoms with E-state index in [1.54, 1.807) is 7.11 Å². The van der Waals surface area contributed by atoms with Gasteiger partial charge >= 0.3 is 5.97 Å². The van der Waals surface area contributed by atoms with E-state index >= 15 is 0 Å². The van der Waals surface area contributed by atoms with Gasteiger partial charge in [0, 0.05) is 18.9 Å². The highest BCUT2D eigenvalue weighted by molar-refractivity contribution is 6.99. The zero-order valence-corrected chi connectivity index (χ0v) is 28.3. The molecule has 2 aromatic carbocycles.